The number of nitrogens with zero attached hydrogens (tertiary/aromatic N) is 2. The number of fused-ring (bicyclic) bond motifs is 1. The first-order valence-electron chi connectivity index (χ1n) is 9.52. The van der Waals surface area contributed by atoms with Crippen LogP contribution in [0.2, 0.25) is 0 Å². The summed E-state index contributed by atoms with van der Waals surface area (Å²) in [6.07, 6.45) is 6.07. The number of amides is 1. The molecule has 1 aromatic heterocycles. The van der Waals surface area contributed by atoms with Crippen molar-refractivity contribution in [3.8, 4) is 0 Å². The molecule has 6 nitrogen and oxygen atoms in total. The number of aliphatic hydroxyl groups excluding tert-OH is 1. The number of para-hydroxylation sites is 1. The molecule has 2 N–H and O–H groups in total. The molecule has 0 bridgehead atoms. The third-order valence-electron chi connectivity index (χ3n) is 4.03. The molecule has 0 aliphatic carbocycles. The predicted octanol–water partition coefficient (Wildman–Crippen LogP) is 3.61. The van der Waals surface area contributed by atoms with E-state index in [1.54, 1.807) is 6.92 Å². The number of carbonyl (C=O) groups is 2. The van der Waals surface area contributed by atoms with Gasteiger partial charge in [-0.05, 0) is 31.9 Å². The Bertz CT molecular complexity index is 712. The Hall–Kier alpha value is -2.47. The number of imidazole rings is 1. The fourth-order valence-electron chi connectivity index (χ4n) is 3.03. The number of anilines is 1. The largest absolute Gasteiger partial charge is 0.397 e. The van der Waals surface area contributed by atoms with Crippen molar-refractivity contribution >= 4 is 17.9 Å². The number of hydrogen-bond acceptors (Lipinski definition) is 4. The molecule has 0 spiro atoms. The summed E-state index contributed by atoms with van der Waals surface area (Å²) >= 11 is 0. The fourth-order valence-corrected chi connectivity index (χ4v) is 3.03. The minimum absolute atomic E-state index is 0.000422. The molecule has 1 unspecified atom stereocenters. The Morgan fingerprint density at radius 2 is 1.96 bits per heavy atom. The number of aliphatic hydroxyl groups is 1. The molecule has 0 saturated heterocycles. The maximum Gasteiger partial charge on any atom is 0.227 e. The molecular weight excluding hydrogens is 342 g/mol. The lowest BCUT2D eigenvalue weighted by atomic mass is 10.1. The third kappa shape index (κ3) is 6.03. The number of H-pyrrole nitrogens is 1. The monoisotopic (exact) mass is 373 g/mol. The molecule has 3 rings (SSSR count). The highest BCUT2D eigenvalue weighted by atomic mass is 16.2. The molecule has 27 heavy (non-hydrogen) atoms. The van der Waals surface area contributed by atoms with Crippen LogP contribution in [-0.2, 0) is 22.4 Å². The van der Waals surface area contributed by atoms with Gasteiger partial charge in [-0.3, -0.25) is 4.79 Å². The Morgan fingerprint density at radius 1 is 1.33 bits per heavy atom. The molecular formula is C21H31N3O3. The zero-order chi connectivity index (χ0) is 20.2. The molecule has 0 saturated carbocycles. The van der Waals surface area contributed by atoms with Crippen LogP contribution in [0.1, 0.15) is 63.7 Å². The topological polar surface area (TPSA) is 86.3 Å². The quantitative estimate of drug-likeness (QED) is 0.802. The van der Waals surface area contributed by atoms with Crippen LogP contribution in [0.25, 0.3) is 0 Å². The fraction of sp³-hybridized carbons (Fsp3) is 0.476. The van der Waals surface area contributed by atoms with E-state index < -0.39 is 0 Å². The van der Waals surface area contributed by atoms with Crippen molar-refractivity contribution in [1.82, 2.24) is 9.97 Å². The average Bonchev–Trinajstić information content (AvgIpc) is 3.27. The van der Waals surface area contributed by atoms with Crippen molar-refractivity contribution in [2.75, 3.05) is 11.5 Å². The summed E-state index contributed by atoms with van der Waals surface area (Å²) in [7, 11) is 0. The van der Waals surface area contributed by atoms with E-state index in [1.165, 1.54) is 12.5 Å². The SMILES string of the molecule is CC=O.CCCc1cnc(C2Cc3ccccc3N2C(=O)CC)[nH]1.CCO. The number of aromatic nitrogens is 2. The standard InChI is InChI=1S/C17H21N3O.C2H6O.C2H4O/c1-3-7-13-11-18-17(19-13)15-10-12-8-5-6-9-14(12)20(15)16(21)4-2;2*1-2-3/h5-6,8-9,11,15H,3-4,7,10H2,1-2H3,(H,18,19);3H,2H2,1H3;2H,1H3. The van der Waals surface area contributed by atoms with Crippen molar-refractivity contribution in [1.29, 1.82) is 0 Å². The first kappa shape index (κ1) is 22.6. The molecule has 2 heterocycles. The van der Waals surface area contributed by atoms with Gasteiger partial charge in [0, 0.05) is 37.0 Å². The number of nitrogens with one attached hydrogen (secondary N) is 1. The smallest absolute Gasteiger partial charge is 0.227 e. The van der Waals surface area contributed by atoms with Crippen molar-refractivity contribution < 1.29 is 14.7 Å². The van der Waals surface area contributed by atoms with Gasteiger partial charge in [-0.2, -0.15) is 0 Å². The number of rotatable bonds is 4. The molecule has 0 fully saturated rings. The number of carbonyl (C=O) groups excluding carboxylic acids is 2. The van der Waals surface area contributed by atoms with E-state index in [2.05, 4.69) is 23.0 Å². The van der Waals surface area contributed by atoms with E-state index in [0.29, 0.717) is 6.42 Å². The second kappa shape index (κ2) is 12.0. The van der Waals surface area contributed by atoms with Gasteiger partial charge in [0.15, 0.2) is 0 Å². The summed E-state index contributed by atoms with van der Waals surface area (Å²) in [6.45, 7) is 7.43. The summed E-state index contributed by atoms with van der Waals surface area (Å²) in [5.41, 5.74) is 3.40. The van der Waals surface area contributed by atoms with E-state index >= 15 is 0 Å². The highest BCUT2D eigenvalue weighted by molar-refractivity contribution is 5.96. The minimum Gasteiger partial charge on any atom is -0.397 e. The Balaban J connectivity index is 0.000000540. The van der Waals surface area contributed by atoms with Crippen LogP contribution in [0.15, 0.2) is 30.5 Å². The lowest BCUT2D eigenvalue weighted by Gasteiger charge is -2.23. The first-order chi connectivity index (χ1) is 13.1. The molecule has 1 atom stereocenters. The van der Waals surface area contributed by atoms with Gasteiger partial charge in [0.1, 0.15) is 12.1 Å². The number of aldehydes is 1. The normalized spacial score (nSPS) is 14.4. The first-order valence-corrected chi connectivity index (χ1v) is 9.52. The maximum absolute atomic E-state index is 12.4. The van der Waals surface area contributed by atoms with Gasteiger partial charge >= 0.3 is 0 Å². The number of hydrogen-bond donors (Lipinski definition) is 2. The summed E-state index contributed by atoms with van der Waals surface area (Å²) in [4.78, 5) is 31.0. The van der Waals surface area contributed by atoms with Crippen molar-refractivity contribution in [2.24, 2.45) is 0 Å². The van der Waals surface area contributed by atoms with Crippen LogP contribution in [0, 0.1) is 0 Å². The highest BCUT2D eigenvalue weighted by Crippen LogP contribution is 2.39. The molecule has 1 aromatic carbocycles. The second-order valence-electron chi connectivity index (χ2n) is 6.06. The van der Waals surface area contributed by atoms with Gasteiger partial charge in [0.05, 0.1) is 6.04 Å². The number of aryl methyl sites for hydroxylation is 1. The van der Waals surface area contributed by atoms with Gasteiger partial charge in [0.25, 0.3) is 0 Å². The zero-order valence-electron chi connectivity index (χ0n) is 16.7. The van der Waals surface area contributed by atoms with Crippen LogP contribution in [-0.4, -0.2) is 33.9 Å². The van der Waals surface area contributed by atoms with Gasteiger partial charge in [-0.25, -0.2) is 4.98 Å². The third-order valence-corrected chi connectivity index (χ3v) is 4.03. The average molecular weight is 373 g/mol. The van der Waals surface area contributed by atoms with Crippen LogP contribution < -0.4 is 4.90 Å². The van der Waals surface area contributed by atoms with Crippen molar-refractivity contribution in [3.05, 3.63) is 47.5 Å². The molecule has 148 valence electrons. The van der Waals surface area contributed by atoms with E-state index in [4.69, 9.17) is 9.90 Å². The van der Waals surface area contributed by atoms with Crippen LogP contribution in [0.4, 0.5) is 5.69 Å². The number of aromatic amines is 1. The summed E-state index contributed by atoms with van der Waals surface area (Å²) in [5.74, 6) is 1.05. The Labute approximate surface area is 161 Å². The van der Waals surface area contributed by atoms with E-state index in [1.807, 2.05) is 36.2 Å². The van der Waals surface area contributed by atoms with E-state index in [0.717, 1.165) is 42.8 Å². The number of benzene rings is 1. The van der Waals surface area contributed by atoms with Crippen molar-refractivity contribution in [2.45, 2.75) is 59.4 Å². The van der Waals surface area contributed by atoms with Gasteiger partial charge in [-0.1, -0.05) is 38.5 Å². The summed E-state index contributed by atoms with van der Waals surface area (Å²) in [5, 5.41) is 7.57. The van der Waals surface area contributed by atoms with Crippen molar-refractivity contribution in [3.63, 3.8) is 0 Å². The lowest BCUT2D eigenvalue weighted by Crippen LogP contribution is -2.32. The van der Waals surface area contributed by atoms with Crippen LogP contribution in [0.3, 0.4) is 0 Å². The maximum atomic E-state index is 12.4. The van der Waals surface area contributed by atoms with E-state index in [9.17, 15) is 4.79 Å². The van der Waals surface area contributed by atoms with Crippen LogP contribution >= 0.6 is 0 Å². The van der Waals surface area contributed by atoms with Gasteiger partial charge in [0.2, 0.25) is 5.91 Å². The van der Waals surface area contributed by atoms with Gasteiger partial charge < -0.3 is 19.8 Å². The molecule has 2 aromatic rings. The molecule has 0 radical (unpaired) electrons. The molecule has 1 aliphatic heterocycles. The Morgan fingerprint density at radius 3 is 2.56 bits per heavy atom. The second-order valence-corrected chi connectivity index (χ2v) is 6.06. The molecule has 1 aliphatic rings. The zero-order valence-corrected chi connectivity index (χ0v) is 16.7. The molecule has 6 heteroatoms. The Kier molecular flexibility index (Phi) is 10.0. The molecule has 1 amide bonds. The minimum atomic E-state index is 0.000422. The van der Waals surface area contributed by atoms with Gasteiger partial charge in [-0.15, -0.1) is 0 Å². The highest BCUT2D eigenvalue weighted by Gasteiger charge is 2.35. The van der Waals surface area contributed by atoms with E-state index in [-0.39, 0.29) is 18.6 Å². The lowest BCUT2D eigenvalue weighted by molar-refractivity contribution is -0.118. The summed E-state index contributed by atoms with van der Waals surface area (Å²) in [6, 6.07) is 8.14. The summed E-state index contributed by atoms with van der Waals surface area (Å²) < 4.78 is 0. The predicted molar refractivity (Wildman–Crippen MR) is 108 cm³/mol. The van der Waals surface area contributed by atoms with Crippen LogP contribution in [0.5, 0.6) is 0 Å².